The smallest absolute Gasteiger partial charge is 0.236 e. The SMILES string of the molecule is CCCC(=O)N1C[C@@H]2CN(C(=O)CN3CCCCCC3)C[C@@H]2[C@H]1c1ccccc1. The lowest BCUT2D eigenvalue weighted by molar-refractivity contribution is -0.133. The molecule has 0 N–H and O–H groups in total. The quantitative estimate of drug-likeness (QED) is 0.766. The summed E-state index contributed by atoms with van der Waals surface area (Å²) in [7, 11) is 0. The molecule has 0 aromatic heterocycles. The normalized spacial score (nSPS) is 27.7. The maximum absolute atomic E-state index is 13.0. The van der Waals surface area contributed by atoms with Crippen LogP contribution in [0.25, 0.3) is 0 Å². The number of hydrogen-bond donors (Lipinski definition) is 0. The van der Waals surface area contributed by atoms with Crippen molar-refractivity contribution in [1.29, 1.82) is 0 Å². The van der Waals surface area contributed by atoms with Crippen molar-refractivity contribution in [2.24, 2.45) is 11.8 Å². The molecule has 4 rings (SSSR count). The number of amides is 2. The van der Waals surface area contributed by atoms with E-state index in [9.17, 15) is 9.59 Å². The maximum Gasteiger partial charge on any atom is 0.236 e. The Morgan fingerprint density at radius 3 is 2.34 bits per heavy atom. The summed E-state index contributed by atoms with van der Waals surface area (Å²) in [5.41, 5.74) is 1.21. The number of nitrogens with zero attached hydrogens (tertiary/aromatic N) is 3. The minimum absolute atomic E-state index is 0.108. The van der Waals surface area contributed by atoms with Gasteiger partial charge in [-0.15, -0.1) is 0 Å². The Hall–Kier alpha value is -1.88. The van der Waals surface area contributed by atoms with Crippen molar-refractivity contribution in [3.8, 4) is 0 Å². The molecule has 3 heterocycles. The topological polar surface area (TPSA) is 43.9 Å². The van der Waals surface area contributed by atoms with E-state index in [4.69, 9.17) is 0 Å². The van der Waals surface area contributed by atoms with Crippen molar-refractivity contribution in [3.63, 3.8) is 0 Å². The molecular weight excluding hydrogens is 362 g/mol. The predicted octanol–water partition coefficient (Wildman–Crippen LogP) is 3.32. The third-order valence-corrected chi connectivity index (χ3v) is 7.00. The molecule has 2 amide bonds. The third kappa shape index (κ3) is 4.50. The van der Waals surface area contributed by atoms with Crippen LogP contribution in [-0.2, 0) is 9.59 Å². The van der Waals surface area contributed by atoms with E-state index >= 15 is 0 Å². The molecule has 0 saturated carbocycles. The first-order valence-electron chi connectivity index (χ1n) is 11.5. The van der Waals surface area contributed by atoms with Gasteiger partial charge in [-0.2, -0.15) is 0 Å². The van der Waals surface area contributed by atoms with Gasteiger partial charge in [-0.25, -0.2) is 0 Å². The molecular formula is C24H35N3O2. The standard InChI is InChI=1S/C24H35N3O2/c1-2-10-22(28)27-16-20-15-26(23(29)18-25-13-8-3-4-9-14-25)17-21(20)24(27)19-11-6-5-7-12-19/h5-7,11-12,20-21,24H,2-4,8-10,13-18H2,1H3/t20-,21-,24+/m0/s1. The Bertz CT molecular complexity index is 699. The van der Waals surface area contributed by atoms with Crippen LogP contribution in [0.1, 0.15) is 57.1 Å². The number of benzene rings is 1. The highest BCUT2D eigenvalue weighted by Crippen LogP contribution is 2.45. The largest absolute Gasteiger partial charge is 0.341 e. The molecule has 3 atom stereocenters. The van der Waals surface area contributed by atoms with Crippen LogP contribution in [0.2, 0.25) is 0 Å². The Balaban J connectivity index is 1.45. The first kappa shape index (κ1) is 20.4. The molecule has 3 fully saturated rings. The Kier molecular flexibility index (Phi) is 6.53. The summed E-state index contributed by atoms with van der Waals surface area (Å²) in [5, 5.41) is 0. The van der Waals surface area contributed by atoms with Crippen LogP contribution >= 0.6 is 0 Å². The summed E-state index contributed by atoms with van der Waals surface area (Å²) in [5.74, 6) is 1.29. The molecule has 5 heteroatoms. The van der Waals surface area contributed by atoms with Crippen molar-refractivity contribution in [2.45, 2.75) is 51.5 Å². The lowest BCUT2D eigenvalue weighted by Crippen LogP contribution is -2.42. The number of carbonyl (C=O) groups excluding carboxylic acids is 2. The van der Waals surface area contributed by atoms with Gasteiger partial charge in [0.15, 0.2) is 0 Å². The van der Waals surface area contributed by atoms with Crippen molar-refractivity contribution in [1.82, 2.24) is 14.7 Å². The monoisotopic (exact) mass is 397 g/mol. The number of likely N-dealkylation sites (tertiary alicyclic amines) is 3. The molecule has 0 radical (unpaired) electrons. The van der Waals surface area contributed by atoms with Gasteiger partial charge in [-0.05, 0) is 37.9 Å². The molecule has 1 aromatic rings. The second-order valence-corrected chi connectivity index (χ2v) is 9.06. The lowest BCUT2D eigenvalue weighted by Gasteiger charge is -2.30. The first-order chi connectivity index (χ1) is 14.2. The van der Waals surface area contributed by atoms with Gasteiger partial charge in [-0.1, -0.05) is 50.1 Å². The molecule has 5 nitrogen and oxygen atoms in total. The Morgan fingerprint density at radius 2 is 1.66 bits per heavy atom. The molecule has 3 saturated heterocycles. The van der Waals surface area contributed by atoms with Crippen LogP contribution in [0.4, 0.5) is 0 Å². The molecule has 158 valence electrons. The first-order valence-corrected chi connectivity index (χ1v) is 11.5. The fourth-order valence-corrected chi connectivity index (χ4v) is 5.53. The number of carbonyl (C=O) groups is 2. The van der Waals surface area contributed by atoms with Gasteiger partial charge in [0.1, 0.15) is 0 Å². The second-order valence-electron chi connectivity index (χ2n) is 9.06. The van der Waals surface area contributed by atoms with E-state index < -0.39 is 0 Å². The van der Waals surface area contributed by atoms with E-state index in [0.717, 1.165) is 39.1 Å². The number of fused-ring (bicyclic) bond motifs is 1. The highest BCUT2D eigenvalue weighted by molar-refractivity contribution is 5.79. The third-order valence-electron chi connectivity index (χ3n) is 7.00. The summed E-state index contributed by atoms with van der Waals surface area (Å²) in [4.78, 5) is 32.4. The minimum atomic E-state index is 0.108. The molecule has 3 aliphatic rings. The molecule has 0 bridgehead atoms. The van der Waals surface area contributed by atoms with E-state index in [1.165, 1.54) is 31.2 Å². The summed E-state index contributed by atoms with van der Waals surface area (Å²) in [6.07, 6.45) is 6.50. The van der Waals surface area contributed by atoms with Gasteiger partial charge in [0, 0.05) is 37.9 Å². The minimum Gasteiger partial charge on any atom is -0.341 e. The molecule has 3 aliphatic heterocycles. The van der Waals surface area contributed by atoms with Gasteiger partial charge in [-0.3, -0.25) is 14.5 Å². The van der Waals surface area contributed by atoms with Crippen molar-refractivity contribution >= 4 is 11.8 Å². The zero-order valence-electron chi connectivity index (χ0n) is 17.8. The van der Waals surface area contributed by atoms with E-state index in [1.54, 1.807) is 0 Å². The highest BCUT2D eigenvalue weighted by atomic mass is 16.2. The Morgan fingerprint density at radius 1 is 0.931 bits per heavy atom. The summed E-state index contributed by atoms with van der Waals surface area (Å²) >= 11 is 0. The summed E-state index contributed by atoms with van der Waals surface area (Å²) in [6.45, 7) is 7.11. The van der Waals surface area contributed by atoms with Crippen molar-refractivity contribution in [3.05, 3.63) is 35.9 Å². The lowest BCUT2D eigenvalue weighted by atomic mass is 9.89. The fraction of sp³-hybridized carbons (Fsp3) is 0.667. The average molecular weight is 398 g/mol. The predicted molar refractivity (Wildman–Crippen MR) is 114 cm³/mol. The van der Waals surface area contributed by atoms with Crippen molar-refractivity contribution in [2.75, 3.05) is 39.3 Å². The molecule has 0 aliphatic carbocycles. The highest BCUT2D eigenvalue weighted by Gasteiger charge is 2.49. The van der Waals surface area contributed by atoms with Crippen LogP contribution < -0.4 is 0 Å². The zero-order chi connectivity index (χ0) is 20.2. The van der Waals surface area contributed by atoms with Crippen LogP contribution in [0, 0.1) is 11.8 Å². The molecule has 0 unspecified atom stereocenters. The second kappa shape index (κ2) is 9.29. The van der Waals surface area contributed by atoms with Gasteiger partial charge in [0.2, 0.25) is 11.8 Å². The molecule has 1 aromatic carbocycles. The summed E-state index contributed by atoms with van der Waals surface area (Å²) < 4.78 is 0. The van der Waals surface area contributed by atoms with E-state index in [0.29, 0.717) is 24.8 Å². The average Bonchev–Trinajstić information content (AvgIpc) is 3.18. The van der Waals surface area contributed by atoms with E-state index in [1.807, 2.05) is 6.07 Å². The van der Waals surface area contributed by atoms with Crippen LogP contribution in [-0.4, -0.2) is 65.8 Å². The van der Waals surface area contributed by atoms with Gasteiger partial charge in [0.25, 0.3) is 0 Å². The van der Waals surface area contributed by atoms with Crippen LogP contribution in [0.15, 0.2) is 30.3 Å². The zero-order valence-corrected chi connectivity index (χ0v) is 17.8. The van der Waals surface area contributed by atoms with Crippen LogP contribution in [0.5, 0.6) is 0 Å². The maximum atomic E-state index is 13.0. The van der Waals surface area contributed by atoms with Gasteiger partial charge < -0.3 is 9.80 Å². The molecule has 0 spiro atoms. The van der Waals surface area contributed by atoms with Gasteiger partial charge >= 0.3 is 0 Å². The Labute approximate surface area is 175 Å². The summed E-state index contributed by atoms with van der Waals surface area (Å²) in [6, 6.07) is 10.5. The number of rotatable bonds is 5. The molecule has 29 heavy (non-hydrogen) atoms. The fourth-order valence-electron chi connectivity index (χ4n) is 5.53. The number of hydrogen-bond acceptors (Lipinski definition) is 3. The van der Waals surface area contributed by atoms with E-state index in [2.05, 4.69) is 45.9 Å². The van der Waals surface area contributed by atoms with Gasteiger partial charge in [0.05, 0.1) is 12.6 Å². The van der Waals surface area contributed by atoms with Crippen LogP contribution in [0.3, 0.4) is 0 Å². The van der Waals surface area contributed by atoms with Crippen molar-refractivity contribution < 1.29 is 9.59 Å². The van der Waals surface area contributed by atoms with E-state index in [-0.39, 0.29) is 17.9 Å².